The maximum absolute atomic E-state index is 11.7. The van der Waals surface area contributed by atoms with Crippen molar-refractivity contribution < 1.29 is 19.5 Å². The highest BCUT2D eigenvalue weighted by atomic mass is 16.4. The number of carbonyl (C=O) groups excluding carboxylic acids is 2. The summed E-state index contributed by atoms with van der Waals surface area (Å²) >= 11 is 0. The molecule has 1 aliphatic rings. The summed E-state index contributed by atoms with van der Waals surface area (Å²) in [5, 5.41) is 13.7. The number of likely N-dealkylation sites (tertiary alicyclic amines) is 1. The lowest BCUT2D eigenvalue weighted by molar-refractivity contribution is -0.138. The Hall–Kier alpha value is -1.63. The molecule has 0 saturated carbocycles. The van der Waals surface area contributed by atoms with Crippen LogP contribution >= 0.6 is 0 Å². The first kappa shape index (κ1) is 17.4. The number of urea groups is 1. The summed E-state index contributed by atoms with van der Waals surface area (Å²) in [6.45, 7) is 4.17. The van der Waals surface area contributed by atoms with Gasteiger partial charge in [-0.25, -0.2) is 4.79 Å². The maximum atomic E-state index is 11.7. The van der Waals surface area contributed by atoms with Crippen molar-refractivity contribution in [1.29, 1.82) is 0 Å². The summed E-state index contributed by atoms with van der Waals surface area (Å²) in [6, 6.07) is -0.450. The SMILES string of the molecule is CCCCNC(=O)NC(=O)CN1CCC(CC(=O)O)CC1. The highest BCUT2D eigenvalue weighted by molar-refractivity contribution is 5.95. The number of hydrogen-bond donors (Lipinski definition) is 3. The first-order valence-corrected chi connectivity index (χ1v) is 7.53. The van der Waals surface area contributed by atoms with E-state index >= 15 is 0 Å². The van der Waals surface area contributed by atoms with Crippen molar-refractivity contribution in [2.75, 3.05) is 26.2 Å². The summed E-state index contributed by atoms with van der Waals surface area (Å²) in [6.07, 6.45) is 3.63. The number of hydrogen-bond acceptors (Lipinski definition) is 4. The van der Waals surface area contributed by atoms with Crippen LogP contribution in [0.15, 0.2) is 0 Å². The molecule has 1 aliphatic heterocycles. The van der Waals surface area contributed by atoms with Crippen LogP contribution in [-0.4, -0.2) is 54.1 Å². The third-order valence-corrected chi connectivity index (χ3v) is 3.61. The quantitative estimate of drug-likeness (QED) is 0.604. The molecular weight excluding hydrogens is 274 g/mol. The summed E-state index contributed by atoms with van der Waals surface area (Å²) in [5.74, 6) is -0.894. The minimum atomic E-state index is -0.769. The highest BCUT2D eigenvalue weighted by Gasteiger charge is 2.22. The first-order chi connectivity index (χ1) is 10.0. The number of piperidine rings is 1. The Bertz CT molecular complexity index is 365. The fourth-order valence-electron chi connectivity index (χ4n) is 2.39. The second kappa shape index (κ2) is 9.33. The number of amides is 3. The summed E-state index contributed by atoms with van der Waals surface area (Å²) in [7, 11) is 0. The normalized spacial score (nSPS) is 16.4. The molecule has 3 amide bonds. The number of aliphatic carboxylic acids is 1. The smallest absolute Gasteiger partial charge is 0.321 e. The van der Waals surface area contributed by atoms with Crippen LogP contribution in [0.5, 0.6) is 0 Å². The van der Waals surface area contributed by atoms with Crippen LogP contribution in [0.25, 0.3) is 0 Å². The largest absolute Gasteiger partial charge is 0.481 e. The van der Waals surface area contributed by atoms with Gasteiger partial charge in [-0.2, -0.15) is 0 Å². The molecule has 1 saturated heterocycles. The Labute approximate surface area is 125 Å². The van der Waals surface area contributed by atoms with E-state index in [2.05, 4.69) is 10.6 Å². The van der Waals surface area contributed by atoms with E-state index in [0.717, 1.165) is 25.7 Å². The molecule has 1 heterocycles. The van der Waals surface area contributed by atoms with Gasteiger partial charge in [0.15, 0.2) is 0 Å². The van der Waals surface area contributed by atoms with Crippen molar-refractivity contribution >= 4 is 17.9 Å². The van der Waals surface area contributed by atoms with Crippen molar-refractivity contribution in [2.24, 2.45) is 5.92 Å². The van der Waals surface area contributed by atoms with Gasteiger partial charge in [-0.15, -0.1) is 0 Å². The van der Waals surface area contributed by atoms with Crippen LogP contribution in [0.3, 0.4) is 0 Å². The molecular formula is C14H25N3O4. The van der Waals surface area contributed by atoms with E-state index in [-0.39, 0.29) is 24.8 Å². The minimum absolute atomic E-state index is 0.182. The van der Waals surface area contributed by atoms with Crippen LogP contribution in [-0.2, 0) is 9.59 Å². The van der Waals surface area contributed by atoms with Gasteiger partial charge in [0.25, 0.3) is 0 Å². The Kier molecular flexibility index (Phi) is 7.74. The molecule has 0 unspecified atom stereocenters. The zero-order valence-corrected chi connectivity index (χ0v) is 12.6. The predicted octanol–water partition coefficient (Wildman–Crippen LogP) is 0.799. The third-order valence-electron chi connectivity index (χ3n) is 3.61. The average molecular weight is 299 g/mol. The monoisotopic (exact) mass is 299 g/mol. The van der Waals surface area contributed by atoms with Gasteiger partial charge >= 0.3 is 12.0 Å². The van der Waals surface area contributed by atoms with Crippen molar-refractivity contribution in [1.82, 2.24) is 15.5 Å². The van der Waals surface area contributed by atoms with E-state index in [9.17, 15) is 14.4 Å². The molecule has 0 bridgehead atoms. The molecule has 3 N–H and O–H groups in total. The Morgan fingerprint density at radius 1 is 1.24 bits per heavy atom. The minimum Gasteiger partial charge on any atom is -0.481 e. The second-order valence-corrected chi connectivity index (χ2v) is 5.48. The zero-order valence-electron chi connectivity index (χ0n) is 12.6. The molecule has 0 aromatic rings. The molecule has 0 aliphatic carbocycles. The van der Waals surface area contributed by atoms with Gasteiger partial charge in [0.1, 0.15) is 0 Å². The third kappa shape index (κ3) is 7.65. The van der Waals surface area contributed by atoms with E-state index in [1.165, 1.54) is 0 Å². The molecule has 0 spiro atoms. The van der Waals surface area contributed by atoms with Crippen molar-refractivity contribution in [3.05, 3.63) is 0 Å². The van der Waals surface area contributed by atoms with Gasteiger partial charge in [0.2, 0.25) is 5.91 Å². The molecule has 7 heteroatoms. The standard InChI is InChI=1S/C14H25N3O4/c1-2-3-6-15-14(21)16-12(18)10-17-7-4-11(5-8-17)9-13(19)20/h11H,2-10H2,1H3,(H,19,20)(H2,15,16,18,21). The van der Waals surface area contributed by atoms with Crippen LogP contribution in [0.2, 0.25) is 0 Å². The summed E-state index contributed by atoms with van der Waals surface area (Å²) in [5.41, 5.74) is 0. The van der Waals surface area contributed by atoms with Crippen LogP contribution in [0.1, 0.15) is 39.0 Å². The van der Waals surface area contributed by atoms with Gasteiger partial charge in [-0.1, -0.05) is 13.3 Å². The lowest BCUT2D eigenvalue weighted by Gasteiger charge is -2.30. The number of nitrogens with zero attached hydrogens (tertiary/aromatic N) is 1. The Balaban J connectivity index is 2.18. The molecule has 0 atom stereocenters. The van der Waals surface area contributed by atoms with Gasteiger partial charge in [-0.3, -0.25) is 19.8 Å². The maximum Gasteiger partial charge on any atom is 0.321 e. The molecule has 1 fully saturated rings. The van der Waals surface area contributed by atoms with Crippen molar-refractivity contribution in [3.8, 4) is 0 Å². The second-order valence-electron chi connectivity index (χ2n) is 5.48. The average Bonchev–Trinajstić information content (AvgIpc) is 2.40. The molecule has 0 radical (unpaired) electrons. The number of carboxylic acid groups (broad SMARTS) is 1. The number of carboxylic acids is 1. The topological polar surface area (TPSA) is 98.7 Å². The van der Waals surface area contributed by atoms with Crippen LogP contribution in [0.4, 0.5) is 4.79 Å². The lowest BCUT2D eigenvalue weighted by atomic mass is 9.94. The van der Waals surface area contributed by atoms with E-state index in [4.69, 9.17) is 5.11 Å². The highest BCUT2D eigenvalue weighted by Crippen LogP contribution is 2.19. The summed E-state index contributed by atoms with van der Waals surface area (Å²) in [4.78, 5) is 35.7. The van der Waals surface area contributed by atoms with Crippen molar-refractivity contribution in [2.45, 2.75) is 39.0 Å². The molecule has 7 nitrogen and oxygen atoms in total. The number of carbonyl (C=O) groups is 3. The van der Waals surface area contributed by atoms with E-state index in [1.54, 1.807) is 0 Å². The van der Waals surface area contributed by atoms with Gasteiger partial charge in [0.05, 0.1) is 6.54 Å². The van der Waals surface area contributed by atoms with Gasteiger partial charge in [0, 0.05) is 13.0 Å². The fraction of sp³-hybridized carbons (Fsp3) is 0.786. The number of unbranched alkanes of at least 4 members (excludes halogenated alkanes) is 1. The molecule has 0 aromatic heterocycles. The first-order valence-electron chi connectivity index (χ1n) is 7.53. The van der Waals surface area contributed by atoms with Gasteiger partial charge < -0.3 is 10.4 Å². The molecule has 120 valence electrons. The number of rotatable bonds is 7. The number of nitrogens with one attached hydrogen (secondary N) is 2. The molecule has 21 heavy (non-hydrogen) atoms. The van der Waals surface area contributed by atoms with Crippen LogP contribution in [0, 0.1) is 5.92 Å². The van der Waals surface area contributed by atoms with E-state index in [1.807, 2.05) is 11.8 Å². The Morgan fingerprint density at radius 2 is 1.90 bits per heavy atom. The molecule has 1 rings (SSSR count). The van der Waals surface area contributed by atoms with E-state index in [0.29, 0.717) is 19.6 Å². The fourth-order valence-corrected chi connectivity index (χ4v) is 2.39. The predicted molar refractivity (Wildman–Crippen MR) is 77.9 cm³/mol. The Morgan fingerprint density at radius 3 is 2.48 bits per heavy atom. The van der Waals surface area contributed by atoms with Gasteiger partial charge in [-0.05, 0) is 38.3 Å². The van der Waals surface area contributed by atoms with Crippen molar-refractivity contribution in [3.63, 3.8) is 0 Å². The van der Waals surface area contributed by atoms with Crippen LogP contribution < -0.4 is 10.6 Å². The lowest BCUT2D eigenvalue weighted by Crippen LogP contribution is -2.46. The number of imide groups is 1. The summed E-state index contributed by atoms with van der Waals surface area (Å²) < 4.78 is 0. The molecule has 0 aromatic carbocycles. The zero-order chi connectivity index (χ0) is 15.7. The van der Waals surface area contributed by atoms with E-state index < -0.39 is 12.0 Å².